The van der Waals surface area contributed by atoms with E-state index < -0.39 is 54.2 Å². The monoisotopic (exact) mass is 859 g/mol. The molecule has 0 saturated carbocycles. The number of nitrogens with zero attached hydrogens (tertiary/aromatic N) is 6. The summed E-state index contributed by atoms with van der Waals surface area (Å²) in [5.74, 6) is -3.29. The van der Waals surface area contributed by atoms with E-state index in [0.29, 0.717) is 5.39 Å². The van der Waals surface area contributed by atoms with Gasteiger partial charge in [0.25, 0.3) is 0 Å². The number of aromatic nitrogens is 3. The number of aliphatic hydroxyl groups excluding tert-OH is 1. The number of rotatable bonds is 4. The van der Waals surface area contributed by atoms with Gasteiger partial charge in [0.05, 0.1) is 35.5 Å². The van der Waals surface area contributed by atoms with Crippen molar-refractivity contribution in [3.63, 3.8) is 0 Å². The Morgan fingerprint density at radius 3 is 2.57 bits per heavy atom. The average Bonchev–Trinajstić information content (AvgIpc) is 3.97. The zero-order chi connectivity index (χ0) is 43.3. The van der Waals surface area contributed by atoms with Crippen LogP contribution in [0.3, 0.4) is 0 Å². The number of aryl methyl sites for hydroxylation is 1. The first-order valence-corrected chi connectivity index (χ1v) is 20.5. The summed E-state index contributed by atoms with van der Waals surface area (Å²) in [5, 5.41) is 10.5. The van der Waals surface area contributed by atoms with Crippen molar-refractivity contribution in [3.8, 4) is 23.0 Å². The van der Waals surface area contributed by atoms with Crippen LogP contribution in [0.25, 0.3) is 32.9 Å². The fourth-order valence-electron chi connectivity index (χ4n) is 9.80. The normalized spacial score (nSPS) is 24.0. The fraction of sp³-hybridized carbons (Fsp3) is 0.548. The van der Waals surface area contributed by atoms with Crippen molar-refractivity contribution in [2.45, 2.75) is 81.7 Å². The van der Waals surface area contributed by atoms with Crippen LogP contribution in [-0.4, -0.2) is 125 Å². The van der Waals surface area contributed by atoms with Crippen molar-refractivity contribution in [2.24, 2.45) is 5.92 Å². The number of carbonyl (C=O) groups is 2. The van der Waals surface area contributed by atoms with Crippen LogP contribution >= 0.6 is 0 Å². The molecule has 13 nitrogen and oxygen atoms in total. The minimum absolute atomic E-state index is 0.0141. The Labute approximate surface area is 347 Å². The number of amides is 2. The van der Waals surface area contributed by atoms with Gasteiger partial charge in [0.1, 0.15) is 41.4 Å². The molecule has 3 atom stereocenters. The number of hydrogen-bond donors (Lipinski definition) is 2. The first-order valence-electron chi connectivity index (χ1n) is 20.5. The zero-order valence-electron chi connectivity index (χ0n) is 33.8. The standard InChI is InChI=1S/C41H43F6N7O5.CH4O/c1-39-17-25(42)20-53(21-39)35-29-18-48-33(32(44)34(29)49-36(50-35)58-22-40-9-3-11-54(40)12-4-10-40)28-16-26(59-38(56)52-13-8-24(19-52)41(45,46)47)15-23-6-7-30(43)27(31(23)28)5-2-14-57-37(55)51-39;1-2/h6-7,15-16,18,24-25H,2-5,8-14,17,19-22H2,1H3,(H,51,55);2H,1H3. The van der Waals surface area contributed by atoms with E-state index >= 15 is 13.2 Å². The lowest BCUT2D eigenvalue weighted by atomic mass is 9.90. The number of alkyl carbamates (subject to hydrolysis) is 1. The van der Waals surface area contributed by atoms with Crippen LogP contribution in [0.1, 0.15) is 57.4 Å². The number of piperidine rings is 1. The number of ether oxygens (including phenoxy) is 3. The van der Waals surface area contributed by atoms with E-state index in [0.717, 1.165) is 50.8 Å². The van der Waals surface area contributed by atoms with Crippen molar-refractivity contribution in [1.29, 1.82) is 0 Å². The molecule has 328 valence electrons. The molecule has 6 bridgehead atoms. The molecule has 0 aliphatic carbocycles. The number of aliphatic hydroxyl groups is 1. The molecule has 4 aromatic rings. The number of anilines is 1. The highest BCUT2D eigenvalue weighted by Crippen LogP contribution is 2.43. The molecule has 0 spiro atoms. The highest BCUT2D eigenvalue weighted by molar-refractivity contribution is 6.02. The lowest BCUT2D eigenvalue weighted by molar-refractivity contribution is -0.170. The number of likely N-dealkylation sites (tertiary alicyclic amines) is 1. The van der Waals surface area contributed by atoms with E-state index in [9.17, 15) is 22.8 Å². The van der Waals surface area contributed by atoms with E-state index in [1.54, 1.807) is 11.8 Å². The number of nitrogens with one attached hydrogen (secondary N) is 1. The van der Waals surface area contributed by atoms with Crippen LogP contribution in [0.4, 0.5) is 41.7 Å². The van der Waals surface area contributed by atoms with Gasteiger partial charge in [-0.1, -0.05) is 6.07 Å². The second-order valence-corrected chi connectivity index (χ2v) is 16.8. The minimum Gasteiger partial charge on any atom is -0.461 e. The Morgan fingerprint density at radius 2 is 1.84 bits per heavy atom. The Kier molecular flexibility index (Phi) is 11.6. The van der Waals surface area contributed by atoms with Gasteiger partial charge in [-0.2, -0.15) is 23.1 Å². The Bertz CT molecular complexity index is 2330. The summed E-state index contributed by atoms with van der Waals surface area (Å²) in [6, 6.07) is 5.19. The van der Waals surface area contributed by atoms with E-state index in [1.807, 2.05) is 0 Å². The summed E-state index contributed by atoms with van der Waals surface area (Å²) in [7, 11) is 1.00. The molecule has 4 fully saturated rings. The minimum atomic E-state index is -4.49. The number of alkyl halides is 4. The fourth-order valence-corrected chi connectivity index (χ4v) is 9.80. The number of pyridine rings is 1. The molecule has 8 heterocycles. The smallest absolute Gasteiger partial charge is 0.415 e. The third kappa shape index (κ3) is 8.29. The Balaban J connectivity index is 0.00000253. The lowest BCUT2D eigenvalue weighted by Crippen LogP contribution is -2.60. The van der Waals surface area contributed by atoms with Gasteiger partial charge in [0.2, 0.25) is 0 Å². The van der Waals surface area contributed by atoms with Crippen molar-refractivity contribution < 1.29 is 55.2 Å². The number of benzene rings is 2. The highest BCUT2D eigenvalue weighted by atomic mass is 19.4. The first-order chi connectivity index (χ1) is 29.2. The first kappa shape index (κ1) is 42.5. The number of fused-ring (bicyclic) bond motifs is 7. The summed E-state index contributed by atoms with van der Waals surface area (Å²) in [4.78, 5) is 45.1. The van der Waals surface area contributed by atoms with Crippen molar-refractivity contribution in [3.05, 3.63) is 47.7 Å². The van der Waals surface area contributed by atoms with Crippen molar-refractivity contribution in [2.75, 3.05) is 64.5 Å². The molecule has 2 aromatic heterocycles. The van der Waals surface area contributed by atoms with Crippen molar-refractivity contribution >= 4 is 39.7 Å². The maximum Gasteiger partial charge on any atom is 0.415 e. The van der Waals surface area contributed by atoms with Gasteiger partial charge in [-0.15, -0.1) is 0 Å². The highest BCUT2D eigenvalue weighted by Gasteiger charge is 2.46. The summed E-state index contributed by atoms with van der Waals surface area (Å²) in [5.41, 5.74) is -1.71. The molecule has 19 heteroatoms. The lowest BCUT2D eigenvalue weighted by Gasteiger charge is -2.42. The van der Waals surface area contributed by atoms with Gasteiger partial charge in [0, 0.05) is 44.9 Å². The molecule has 10 rings (SSSR count). The number of carbonyl (C=O) groups excluding carboxylic acids is 2. The van der Waals surface area contributed by atoms with Crippen LogP contribution in [-0.2, 0) is 11.2 Å². The quantitative estimate of drug-likeness (QED) is 0.203. The maximum atomic E-state index is 17.5. The second kappa shape index (κ2) is 16.6. The molecule has 0 radical (unpaired) electrons. The molecule has 4 saturated heterocycles. The number of halogens is 6. The topological polar surface area (TPSA) is 142 Å². The van der Waals surface area contributed by atoms with Gasteiger partial charge in [-0.3, -0.25) is 9.88 Å². The summed E-state index contributed by atoms with van der Waals surface area (Å²) in [6.07, 6.45) is -2.70. The predicted molar refractivity (Wildman–Crippen MR) is 211 cm³/mol. The van der Waals surface area contributed by atoms with Crippen LogP contribution < -0.4 is 19.7 Å². The second-order valence-electron chi connectivity index (χ2n) is 16.8. The van der Waals surface area contributed by atoms with Crippen LogP contribution in [0, 0.1) is 17.6 Å². The molecule has 3 unspecified atom stereocenters. The molecule has 61 heavy (non-hydrogen) atoms. The molecular formula is C42H47F6N7O6. The molecule has 2 N–H and O–H groups in total. The van der Waals surface area contributed by atoms with E-state index in [2.05, 4.69) is 20.2 Å². The summed E-state index contributed by atoms with van der Waals surface area (Å²) >= 11 is 0. The molecule has 6 aliphatic heterocycles. The third-order valence-corrected chi connectivity index (χ3v) is 12.6. The van der Waals surface area contributed by atoms with Gasteiger partial charge in [-0.25, -0.2) is 22.8 Å². The maximum absolute atomic E-state index is 17.5. The number of hydrogen-bond acceptors (Lipinski definition) is 11. The van der Waals surface area contributed by atoms with Gasteiger partial charge >= 0.3 is 24.4 Å². The van der Waals surface area contributed by atoms with Gasteiger partial charge < -0.3 is 34.4 Å². The Morgan fingerprint density at radius 1 is 1.07 bits per heavy atom. The van der Waals surface area contributed by atoms with Gasteiger partial charge in [0.15, 0.2) is 5.82 Å². The van der Waals surface area contributed by atoms with Crippen LogP contribution in [0.15, 0.2) is 30.5 Å². The van der Waals surface area contributed by atoms with E-state index in [-0.39, 0.29) is 115 Å². The Hall–Kier alpha value is -5.17. The van der Waals surface area contributed by atoms with E-state index in [4.69, 9.17) is 24.3 Å². The molecular weight excluding hydrogens is 812 g/mol. The average molecular weight is 860 g/mol. The van der Waals surface area contributed by atoms with Crippen LogP contribution in [0.2, 0.25) is 0 Å². The largest absolute Gasteiger partial charge is 0.461 e. The van der Waals surface area contributed by atoms with E-state index in [1.165, 1.54) is 30.5 Å². The summed E-state index contributed by atoms with van der Waals surface area (Å²) < 4.78 is 107. The summed E-state index contributed by atoms with van der Waals surface area (Å²) in [6.45, 7) is 2.85. The third-order valence-electron chi connectivity index (χ3n) is 12.6. The van der Waals surface area contributed by atoms with Crippen LogP contribution in [0.5, 0.6) is 11.8 Å². The molecule has 2 aromatic carbocycles. The molecule has 2 amide bonds. The molecule has 6 aliphatic rings. The van der Waals surface area contributed by atoms with Gasteiger partial charge in [-0.05, 0) is 99.5 Å². The van der Waals surface area contributed by atoms with Crippen molar-refractivity contribution in [1.82, 2.24) is 30.1 Å². The SMILES string of the molecule is CC12CC(F)CN(C1)c1nc(OCC34CCCN3CCC4)nc3c(F)c(ncc13)-c1cc(OC(=O)N3CCC(C(F)(F)F)C3)cc3ccc(F)c(c13)CCCOC(=O)N2.CO. The predicted octanol–water partition coefficient (Wildman–Crippen LogP) is 7.10. The zero-order valence-corrected chi connectivity index (χ0v) is 33.8.